The normalized spacial score (nSPS) is 39.6. The highest BCUT2D eigenvalue weighted by Crippen LogP contribution is 2.35. The number of amides is 1. The molecule has 0 spiro atoms. The van der Waals surface area contributed by atoms with Crippen LogP contribution >= 0.6 is 0 Å². The van der Waals surface area contributed by atoms with Crippen molar-refractivity contribution < 1.29 is 14.4 Å². The summed E-state index contributed by atoms with van der Waals surface area (Å²) in [5, 5.41) is 7.26. The van der Waals surface area contributed by atoms with Gasteiger partial charge in [-0.2, -0.15) is 5.48 Å². The Morgan fingerprint density at radius 1 is 0.971 bits per heavy atom. The van der Waals surface area contributed by atoms with E-state index in [9.17, 15) is 4.79 Å². The van der Waals surface area contributed by atoms with Crippen molar-refractivity contribution in [2.24, 2.45) is 17.8 Å². The zero-order valence-corrected chi connectivity index (χ0v) is 21.9. The number of ether oxygens (including phenoxy) is 1. The van der Waals surface area contributed by atoms with Crippen LogP contribution in [-0.2, 0) is 14.4 Å². The first kappa shape index (κ1) is 25.9. The number of hydrogen-bond acceptors (Lipinski definition) is 7. The standard InChI is InChI=1S/C27H49N5O3/c1-34-24-7-5-20(6-8-24)25-18-23(30-35-25)16-22-19-28-11-9-21(22)17-27(33)32-14-12-31(13-15-32)26-4-2-3-10-29-26/h20-26,28-30H,2-19H2,1H3. The summed E-state index contributed by atoms with van der Waals surface area (Å²) in [4.78, 5) is 24.0. The zero-order chi connectivity index (χ0) is 24.0. The van der Waals surface area contributed by atoms with Gasteiger partial charge in [-0.25, -0.2) is 0 Å². The van der Waals surface area contributed by atoms with Crippen LogP contribution in [0.3, 0.4) is 0 Å². The number of methoxy groups -OCH3 is 1. The van der Waals surface area contributed by atoms with Crippen LogP contribution in [0.2, 0.25) is 0 Å². The summed E-state index contributed by atoms with van der Waals surface area (Å²) in [5.74, 6) is 2.06. The van der Waals surface area contributed by atoms with Gasteiger partial charge in [0.2, 0.25) is 5.91 Å². The first-order chi connectivity index (χ1) is 17.2. The molecule has 3 N–H and O–H groups in total. The molecule has 5 fully saturated rings. The molecule has 200 valence electrons. The van der Waals surface area contributed by atoms with Crippen LogP contribution < -0.4 is 16.1 Å². The molecule has 0 bridgehead atoms. The lowest BCUT2D eigenvalue weighted by Gasteiger charge is -2.42. The molecule has 4 heterocycles. The Balaban J connectivity index is 1.06. The fraction of sp³-hybridized carbons (Fsp3) is 0.963. The molecule has 35 heavy (non-hydrogen) atoms. The number of rotatable bonds is 7. The Kier molecular flexibility index (Phi) is 9.35. The van der Waals surface area contributed by atoms with Crippen LogP contribution in [0.4, 0.5) is 0 Å². The lowest BCUT2D eigenvalue weighted by Crippen LogP contribution is -2.57. The summed E-state index contributed by atoms with van der Waals surface area (Å²) in [6, 6.07) is 0.411. The predicted octanol–water partition coefficient (Wildman–Crippen LogP) is 2.10. The SMILES string of the molecule is COC1CCC(C2CC(CC3CNCCC3CC(=O)N3CCN(C4CCCCN4)CC3)NO2)CC1. The Morgan fingerprint density at radius 3 is 2.54 bits per heavy atom. The van der Waals surface area contributed by atoms with Crippen molar-refractivity contribution in [2.75, 3.05) is 52.9 Å². The molecule has 1 amide bonds. The van der Waals surface area contributed by atoms with Crippen LogP contribution in [0.5, 0.6) is 0 Å². The minimum Gasteiger partial charge on any atom is -0.381 e. The third kappa shape index (κ3) is 6.76. The van der Waals surface area contributed by atoms with Crippen molar-refractivity contribution in [2.45, 2.75) is 95.0 Å². The van der Waals surface area contributed by atoms with E-state index >= 15 is 0 Å². The third-order valence-corrected chi connectivity index (χ3v) is 9.66. The monoisotopic (exact) mass is 491 g/mol. The lowest BCUT2D eigenvalue weighted by molar-refractivity contribution is -0.135. The molecule has 1 aliphatic carbocycles. The molecular weight excluding hydrogens is 442 g/mol. The van der Waals surface area contributed by atoms with Gasteiger partial charge in [-0.1, -0.05) is 0 Å². The van der Waals surface area contributed by atoms with Crippen LogP contribution in [0.15, 0.2) is 0 Å². The molecule has 5 aliphatic rings. The average molecular weight is 492 g/mol. The molecule has 8 heteroatoms. The number of nitrogens with zero attached hydrogens (tertiary/aromatic N) is 2. The number of carbonyl (C=O) groups is 1. The topological polar surface area (TPSA) is 78.1 Å². The second kappa shape index (κ2) is 12.7. The zero-order valence-electron chi connectivity index (χ0n) is 21.9. The molecule has 0 aromatic rings. The maximum Gasteiger partial charge on any atom is 0.222 e. The van der Waals surface area contributed by atoms with Gasteiger partial charge in [0.05, 0.1) is 18.4 Å². The van der Waals surface area contributed by atoms with Crippen molar-refractivity contribution in [1.82, 2.24) is 25.9 Å². The summed E-state index contributed by atoms with van der Waals surface area (Å²) in [7, 11) is 1.84. The van der Waals surface area contributed by atoms with Gasteiger partial charge in [0, 0.05) is 45.8 Å². The molecule has 0 radical (unpaired) electrons. The highest BCUT2D eigenvalue weighted by atomic mass is 16.7. The van der Waals surface area contributed by atoms with Gasteiger partial charge in [0.1, 0.15) is 0 Å². The summed E-state index contributed by atoms with van der Waals surface area (Å²) < 4.78 is 5.54. The van der Waals surface area contributed by atoms with Crippen LogP contribution in [0, 0.1) is 17.8 Å². The Morgan fingerprint density at radius 2 is 1.80 bits per heavy atom. The number of carbonyl (C=O) groups excluding carboxylic acids is 1. The fourth-order valence-corrected chi connectivity index (χ4v) is 7.36. The largest absolute Gasteiger partial charge is 0.381 e. The number of hydroxylamine groups is 1. The molecule has 4 saturated heterocycles. The minimum atomic E-state index is 0.337. The molecule has 1 saturated carbocycles. The summed E-state index contributed by atoms with van der Waals surface area (Å²) in [5.41, 5.74) is 3.38. The van der Waals surface area contributed by atoms with Crippen molar-refractivity contribution in [1.29, 1.82) is 0 Å². The van der Waals surface area contributed by atoms with Crippen molar-refractivity contribution in [3.05, 3.63) is 0 Å². The van der Waals surface area contributed by atoms with Crippen molar-refractivity contribution in [3.63, 3.8) is 0 Å². The second-order valence-electron chi connectivity index (χ2n) is 11.8. The van der Waals surface area contributed by atoms with E-state index in [0.29, 0.717) is 54.5 Å². The smallest absolute Gasteiger partial charge is 0.222 e. The maximum absolute atomic E-state index is 13.3. The van der Waals surface area contributed by atoms with Gasteiger partial charge in [-0.3, -0.25) is 14.5 Å². The van der Waals surface area contributed by atoms with Gasteiger partial charge < -0.3 is 20.3 Å². The number of hydrogen-bond donors (Lipinski definition) is 3. The van der Waals surface area contributed by atoms with Crippen LogP contribution in [0.1, 0.15) is 70.6 Å². The molecule has 5 atom stereocenters. The van der Waals surface area contributed by atoms with Gasteiger partial charge in [0.25, 0.3) is 0 Å². The van der Waals surface area contributed by atoms with E-state index in [4.69, 9.17) is 9.57 Å². The Bertz CT molecular complexity index is 659. The summed E-state index contributed by atoms with van der Waals surface area (Å²) in [6.07, 6.45) is 14.0. The molecule has 8 nitrogen and oxygen atoms in total. The lowest BCUT2D eigenvalue weighted by atomic mass is 9.78. The van der Waals surface area contributed by atoms with E-state index in [0.717, 1.165) is 77.9 Å². The average Bonchev–Trinajstić information content (AvgIpc) is 3.39. The number of piperazine rings is 1. The quantitative estimate of drug-likeness (QED) is 0.503. The molecule has 5 rings (SSSR count). The van der Waals surface area contributed by atoms with Gasteiger partial charge in [-0.05, 0) is 102 Å². The maximum atomic E-state index is 13.3. The summed E-state index contributed by atoms with van der Waals surface area (Å²) in [6.45, 7) is 7.00. The van der Waals surface area contributed by atoms with Crippen LogP contribution in [-0.4, -0.2) is 93.0 Å². The Labute approximate surface area is 212 Å². The molecule has 4 aliphatic heterocycles. The molecule has 0 aromatic heterocycles. The van der Waals surface area contributed by atoms with Gasteiger partial charge in [0.15, 0.2) is 0 Å². The van der Waals surface area contributed by atoms with Crippen molar-refractivity contribution >= 4 is 5.91 Å². The summed E-state index contributed by atoms with van der Waals surface area (Å²) >= 11 is 0. The van der Waals surface area contributed by atoms with E-state index in [-0.39, 0.29) is 0 Å². The van der Waals surface area contributed by atoms with Gasteiger partial charge in [-0.15, -0.1) is 0 Å². The Hall–Kier alpha value is -0.770. The van der Waals surface area contributed by atoms with E-state index in [1.165, 1.54) is 32.1 Å². The molecule has 5 unspecified atom stereocenters. The van der Waals surface area contributed by atoms with Crippen molar-refractivity contribution in [3.8, 4) is 0 Å². The number of nitrogens with one attached hydrogen (secondary N) is 3. The molecular formula is C27H49N5O3. The molecule has 0 aromatic carbocycles. The first-order valence-electron chi connectivity index (χ1n) is 14.6. The fourth-order valence-electron chi connectivity index (χ4n) is 7.36. The highest BCUT2D eigenvalue weighted by Gasteiger charge is 2.38. The van der Waals surface area contributed by atoms with E-state index < -0.39 is 0 Å². The third-order valence-electron chi connectivity index (χ3n) is 9.66. The first-order valence-corrected chi connectivity index (χ1v) is 14.6. The van der Waals surface area contributed by atoms with E-state index in [2.05, 4.69) is 25.9 Å². The minimum absolute atomic E-state index is 0.337. The highest BCUT2D eigenvalue weighted by molar-refractivity contribution is 5.76. The predicted molar refractivity (Wildman–Crippen MR) is 137 cm³/mol. The number of piperidine rings is 2. The second-order valence-corrected chi connectivity index (χ2v) is 11.8. The van der Waals surface area contributed by atoms with E-state index in [1.54, 1.807) is 0 Å². The van der Waals surface area contributed by atoms with Crippen LogP contribution in [0.25, 0.3) is 0 Å². The van der Waals surface area contributed by atoms with E-state index in [1.807, 2.05) is 7.11 Å². The van der Waals surface area contributed by atoms with Gasteiger partial charge >= 0.3 is 0 Å².